The summed E-state index contributed by atoms with van der Waals surface area (Å²) in [7, 11) is 0. The number of nitrogens with zero attached hydrogens (tertiary/aromatic N) is 1. The number of hydrogen-bond donors (Lipinski definition) is 3. The number of nitrogens with one attached hydrogen (secondary N) is 1. The summed E-state index contributed by atoms with van der Waals surface area (Å²) in [6.45, 7) is 3.81. The Bertz CT molecular complexity index is 861. The van der Waals surface area contributed by atoms with Crippen LogP contribution in [-0.4, -0.2) is 73.8 Å². The molecule has 4 atom stereocenters. The van der Waals surface area contributed by atoms with Crippen LogP contribution in [0.1, 0.15) is 32.3 Å². The van der Waals surface area contributed by atoms with Gasteiger partial charge in [0, 0.05) is 0 Å². The van der Waals surface area contributed by atoms with E-state index in [-0.39, 0.29) is 23.6 Å². The number of ketones is 1. The second-order valence-corrected chi connectivity index (χ2v) is 9.34. The Morgan fingerprint density at radius 2 is 1.97 bits per heavy atom. The molecule has 9 nitrogen and oxygen atoms in total. The summed E-state index contributed by atoms with van der Waals surface area (Å²) in [5.74, 6) is -2.91. The van der Waals surface area contributed by atoms with Crippen molar-refractivity contribution >= 4 is 35.3 Å². The summed E-state index contributed by atoms with van der Waals surface area (Å²) in [6, 6.07) is 7.93. The van der Waals surface area contributed by atoms with E-state index in [2.05, 4.69) is 5.32 Å². The number of hydrogen-bond acceptors (Lipinski definition) is 7. The molecule has 0 saturated carbocycles. The minimum Gasteiger partial charge on any atom is -0.478 e. The van der Waals surface area contributed by atoms with E-state index in [9.17, 15) is 24.3 Å². The van der Waals surface area contributed by atoms with Crippen molar-refractivity contribution in [2.45, 2.75) is 62.5 Å². The first kappa shape index (κ1) is 23.2. The van der Waals surface area contributed by atoms with Gasteiger partial charge >= 0.3 is 5.97 Å². The first-order chi connectivity index (χ1) is 14.6. The monoisotopic (exact) mass is 450 g/mol. The van der Waals surface area contributed by atoms with Crippen LogP contribution >= 0.6 is 11.8 Å². The number of aliphatic hydroxyl groups excluding tert-OH is 1. The van der Waals surface area contributed by atoms with Crippen LogP contribution in [0.4, 0.5) is 0 Å². The quantitative estimate of drug-likeness (QED) is 0.465. The average molecular weight is 451 g/mol. The lowest BCUT2D eigenvalue weighted by Crippen LogP contribution is -2.73. The first-order valence-electron chi connectivity index (χ1n) is 9.97. The first-order valence-corrected chi connectivity index (χ1v) is 11.0. The van der Waals surface area contributed by atoms with Crippen molar-refractivity contribution in [2.24, 2.45) is 0 Å². The highest BCUT2D eigenvalue weighted by atomic mass is 32.2. The number of likely N-dealkylation sites (tertiary alicyclic amines) is 1. The Kier molecular flexibility index (Phi) is 7.03. The Labute approximate surface area is 184 Å². The van der Waals surface area contributed by atoms with Crippen molar-refractivity contribution in [3.8, 4) is 0 Å². The fourth-order valence-corrected chi connectivity index (χ4v) is 4.93. The van der Waals surface area contributed by atoms with Gasteiger partial charge in [0.25, 0.3) is 5.91 Å². The molecule has 3 N–H and O–H groups in total. The summed E-state index contributed by atoms with van der Waals surface area (Å²) < 4.78 is 5.73. The predicted octanol–water partition coefficient (Wildman–Crippen LogP) is 0.545. The number of rotatable bonds is 9. The van der Waals surface area contributed by atoms with Crippen LogP contribution in [0.25, 0.3) is 0 Å². The average Bonchev–Trinajstić information content (AvgIpc) is 3.09. The Hall–Kier alpha value is -2.43. The molecule has 168 valence electrons. The SMILES string of the molecule is CC1(C)CC[C@@H](C(=O)CS[C@@H]2[C@H](NC(=O)Cc3ccccc3)C(=O)N2C(O)C(=O)O)O1. The number of Topliss-reactive ketones (excluding diaryl/α,β-unsaturated/α-hetero) is 1. The van der Waals surface area contributed by atoms with E-state index in [0.29, 0.717) is 6.42 Å². The third-order valence-corrected chi connectivity index (χ3v) is 6.61. The molecule has 10 heteroatoms. The van der Waals surface area contributed by atoms with Gasteiger partial charge in [-0.05, 0) is 32.3 Å². The molecule has 2 heterocycles. The number of β-lactam (4-membered cyclic amide) rings is 1. The summed E-state index contributed by atoms with van der Waals surface area (Å²) in [6.07, 6.45) is -1.22. The molecular formula is C21H26N2O7S. The maximum atomic E-state index is 12.5. The largest absolute Gasteiger partial charge is 0.478 e. The topological polar surface area (TPSA) is 133 Å². The Morgan fingerprint density at radius 1 is 1.29 bits per heavy atom. The third kappa shape index (κ3) is 5.44. The minimum absolute atomic E-state index is 0.0351. The van der Waals surface area contributed by atoms with Crippen LogP contribution in [0.3, 0.4) is 0 Å². The van der Waals surface area contributed by atoms with E-state index in [1.807, 2.05) is 19.9 Å². The van der Waals surface area contributed by atoms with Crippen molar-refractivity contribution < 1.29 is 34.1 Å². The van der Waals surface area contributed by atoms with Gasteiger partial charge in [0.05, 0.1) is 17.8 Å². The van der Waals surface area contributed by atoms with E-state index in [4.69, 9.17) is 9.84 Å². The number of thioether (sulfide) groups is 1. The number of aliphatic carboxylic acids is 1. The highest BCUT2D eigenvalue weighted by Crippen LogP contribution is 2.34. The van der Waals surface area contributed by atoms with E-state index < -0.39 is 41.5 Å². The lowest BCUT2D eigenvalue weighted by Gasteiger charge is -2.47. The lowest BCUT2D eigenvalue weighted by atomic mass is 10.0. The van der Waals surface area contributed by atoms with Crippen molar-refractivity contribution in [2.75, 3.05) is 5.75 Å². The molecule has 0 bridgehead atoms. The molecule has 2 amide bonds. The molecule has 0 radical (unpaired) electrons. The number of carbonyl (C=O) groups excluding carboxylic acids is 3. The number of ether oxygens (including phenoxy) is 1. The van der Waals surface area contributed by atoms with Gasteiger partial charge in [-0.15, -0.1) is 11.8 Å². The third-order valence-electron chi connectivity index (χ3n) is 5.31. The molecule has 2 aliphatic rings. The van der Waals surface area contributed by atoms with E-state index in [1.165, 1.54) is 0 Å². The molecule has 1 unspecified atom stereocenters. The number of carbonyl (C=O) groups is 4. The zero-order chi connectivity index (χ0) is 22.8. The molecule has 2 aliphatic heterocycles. The van der Waals surface area contributed by atoms with Gasteiger partial charge < -0.3 is 20.3 Å². The van der Waals surface area contributed by atoms with Crippen LogP contribution in [0.15, 0.2) is 30.3 Å². The molecule has 2 saturated heterocycles. The van der Waals surface area contributed by atoms with E-state index in [0.717, 1.165) is 28.6 Å². The molecule has 3 rings (SSSR count). The standard InChI is InChI=1S/C21H26N2O7S/c1-21(2)9-8-14(30-21)13(24)11-31-19-16(17(26)23(19)18(27)20(28)29)22-15(25)10-12-6-4-3-5-7-12/h3-7,14,16,18-19,27H,8-11H2,1-2H3,(H,22,25)(H,28,29)/t14-,16+,18?,19+/m0/s1. The Morgan fingerprint density at radius 3 is 2.55 bits per heavy atom. The molecule has 0 spiro atoms. The summed E-state index contributed by atoms with van der Waals surface area (Å²) in [5.41, 5.74) is 0.381. The number of benzene rings is 1. The van der Waals surface area contributed by atoms with Gasteiger partial charge in [0.15, 0.2) is 5.78 Å². The molecule has 1 aromatic rings. The van der Waals surface area contributed by atoms with Gasteiger partial charge in [-0.25, -0.2) is 4.79 Å². The number of carboxylic acid groups (broad SMARTS) is 1. The van der Waals surface area contributed by atoms with Crippen LogP contribution in [0.2, 0.25) is 0 Å². The Balaban J connectivity index is 1.63. The van der Waals surface area contributed by atoms with E-state index in [1.54, 1.807) is 24.3 Å². The fraction of sp³-hybridized carbons (Fsp3) is 0.524. The second kappa shape index (κ2) is 9.37. The zero-order valence-corrected chi connectivity index (χ0v) is 18.1. The van der Waals surface area contributed by atoms with Crippen LogP contribution < -0.4 is 5.32 Å². The maximum Gasteiger partial charge on any atom is 0.354 e. The second-order valence-electron chi connectivity index (χ2n) is 8.24. The number of amides is 2. The van der Waals surface area contributed by atoms with Gasteiger partial charge in [0.1, 0.15) is 17.5 Å². The fourth-order valence-electron chi connectivity index (χ4n) is 3.65. The van der Waals surface area contributed by atoms with Crippen molar-refractivity contribution in [3.05, 3.63) is 35.9 Å². The predicted molar refractivity (Wildman–Crippen MR) is 112 cm³/mol. The zero-order valence-electron chi connectivity index (χ0n) is 17.3. The smallest absolute Gasteiger partial charge is 0.354 e. The number of aliphatic hydroxyl groups is 1. The summed E-state index contributed by atoms with van der Waals surface area (Å²) in [5, 5.41) is 20.7. The van der Waals surface area contributed by atoms with Gasteiger partial charge in [-0.3, -0.25) is 19.3 Å². The van der Waals surface area contributed by atoms with Gasteiger partial charge in [-0.1, -0.05) is 30.3 Å². The van der Waals surface area contributed by atoms with Crippen molar-refractivity contribution in [3.63, 3.8) is 0 Å². The normalized spacial score (nSPS) is 25.6. The van der Waals surface area contributed by atoms with Crippen LogP contribution in [-0.2, 0) is 30.3 Å². The molecule has 0 aliphatic carbocycles. The number of carboxylic acids is 1. The summed E-state index contributed by atoms with van der Waals surface area (Å²) in [4.78, 5) is 49.3. The lowest BCUT2D eigenvalue weighted by molar-refractivity contribution is -0.178. The highest BCUT2D eigenvalue weighted by molar-refractivity contribution is 8.00. The molecule has 2 fully saturated rings. The van der Waals surface area contributed by atoms with E-state index >= 15 is 0 Å². The maximum absolute atomic E-state index is 12.5. The molecule has 31 heavy (non-hydrogen) atoms. The van der Waals surface area contributed by atoms with Gasteiger partial charge in [0.2, 0.25) is 12.1 Å². The minimum atomic E-state index is -2.05. The summed E-state index contributed by atoms with van der Waals surface area (Å²) >= 11 is 1.01. The van der Waals surface area contributed by atoms with Crippen molar-refractivity contribution in [1.29, 1.82) is 0 Å². The molecular weight excluding hydrogens is 424 g/mol. The van der Waals surface area contributed by atoms with Crippen molar-refractivity contribution in [1.82, 2.24) is 10.2 Å². The van der Waals surface area contributed by atoms with Gasteiger partial charge in [-0.2, -0.15) is 0 Å². The highest BCUT2D eigenvalue weighted by Gasteiger charge is 2.53. The van der Waals surface area contributed by atoms with Crippen LogP contribution in [0.5, 0.6) is 0 Å². The van der Waals surface area contributed by atoms with Crippen LogP contribution in [0, 0.1) is 0 Å². The molecule has 0 aromatic heterocycles. The molecule has 1 aromatic carbocycles.